The number of nitrogens with zero attached hydrogens (tertiary/aromatic N) is 5. The normalized spacial score (nSPS) is 16.6. The lowest BCUT2D eigenvalue weighted by Crippen LogP contribution is -2.51. The fourth-order valence-corrected chi connectivity index (χ4v) is 6.71. The Morgan fingerprint density at radius 1 is 1.06 bits per heavy atom. The van der Waals surface area contributed by atoms with Crippen molar-refractivity contribution in [3.8, 4) is 12.3 Å². The molecule has 2 N–H and O–H groups in total. The number of ether oxygens (including phenoxy) is 4. The van der Waals surface area contributed by atoms with Crippen LogP contribution in [0.15, 0.2) is 30.5 Å². The summed E-state index contributed by atoms with van der Waals surface area (Å²) in [5, 5.41) is 8.96. The van der Waals surface area contributed by atoms with Gasteiger partial charge in [-0.3, -0.25) is 4.79 Å². The fraction of sp³-hybridized carbons (Fsp3) is 0.571. The molecule has 2 fully saturated rings. The van der Waals surface area contributed by atoms with Crippen molar-refractivity contribution in [2.24, 2.45) is 5.92 Å². The molecule has 1 unspecified atom stereocenters. The van der Waals surface area contributed by atoms with E-state index in [9.17, 15) is 4.79 Å². The van der Waals surface area contributed by atoms with Crippen molar-refractivity contribution in [2.45, 2.75) is 32.2 Å². The number of hydrogen-bond donors (Lipinski definition) is 2. The summed E-state index contributed by atoms with van der Waals surface area (Å²) < 4.78 is 26.8. The van der Waals surface area contributed by atoms with Crippen molar-refractivity contribution >= 4 is 46.6 Å². The number of fused-ring (bicyclic) bond motifs is 1. The minimum Gasteiger partial charge on any atom is -0.378 e. The van der Waals surface area contributed by atoms with Gasteiger partial charge in [0.25, 0.3) is 5.91 Å². The second kappa shape index (κ2) is 19.3. The highest BCUT2D eigenvalue weighted by Crippen LogP contribution is 2.35. The van der Waals surface area contributed by atoms with Gasteiger partial charge in [0.2, 0.25) is 0 Å². The van der Waals surface area contributed by atoms with Crippen LogP contribution in [0.25, 0.3) is 5.65 Å². The number of aromatic nitrogens is 3. The second-order valence-corrected chi connectivity index (χ2v) is 13.2. The van der Waals surface area contributed by atoms with Gasteiger partial charge < -0.3 is 38.8 Å². The zero-order chi connectivity index (χ0) is 34.4. The van der Waals surface area contributed by atoms with Crippen LogP contribution in [0.3, 0.4) is 0 Å². The first-order chi connectivity index (χ1) is 24.0. The monoisotopic (exact) mass is 713 g/mol. The minimum absolute atomic E-state index is 0.0385. The quantitative estimate of drug-likeness (QED) is 0.0982. The lowest BCUT2D eigenvalue weighted by atomic mass is 9.98. The number of terminal acetylenes is 1. The number of halogens is 1. The third kappa shape index (κ3) is 10.5. The Kier molecular flexibility index (Phi) is 14.7. The molecule has 4 heterocycles. The topological polar surface area (TPSA) is 115 Å². The third-order valence-corrected chi connectivity index (χ3v) is 9.23. The van der Waals surface area contributed by atoms with Crippen molar-refractivity contribution in [2.75, 3.05) is 101 Å². The second-order valence-electron chi connectivity index (χ2n) is 12.2. The lowest BCUT2D eigenvalue weighted by Gasteiger charge is -2.41. The predicted molar refractivity (Wildman–Crippen MR) is 195 cm³/mol. The van der Waals surface area contributed by atoms with E-state index in [0.29, 0.717) is 75.9 Å². The summed E-state index contributed by atoms with van der Waals surface area (Å²) in [5.74, 6) is 3.92. The van der Waals surface area contributed by atoms with Gasteiger partial charge in [0.15, 0.2) is 5.65 Å². The zero-order valence-electron chi connectivity index (χ0n) is 28.5. The van der Waals surface area contributed by atoms with Crippen LogP contribution < -0.4 is 14.9 Å². The maximum atomic E-state index is 13.9. The van der Waals surface area contributed by atoms with Crippen LogP contribution in [0.4, 0.5) is 11.5 Å². The van der Waals surface area contributed by atoms with E-state index in [1.54, 1.807) is 12.1 Å². The standard InChI is InChI=1S/C35H48ClN7O5S/c1-4-12-45-14-16-47-18-19-48-17-15-46-13-10-37-22-27-24-41(25-27)34-26(2)23-43-33(38-34)21-31(39-43)32-7-5-6-11-42(32)35(44)29-20-28(36)8-9-30(29)40-49-3/h1,8-9,20-21,23,27,32,37,40H,5-7,10-19,22,24-25H2,2-3H3. The number of hydrogen-bond acceptors (Lipinski definition) is 11. The first-order valence-corrected chi connectivity index (χ1v) is 18.5. The SMILES string of the molecule is C#CCOCCOCCOCCOCCNCC1CN(c2nc3cc(C4CCCCN4C(=O)c4cc(Cl)ccc4NSC)nn3cc2C)C1. The number of carbonyl (C=O) groups is 1. The summed E-state index contributed by atoms with van der Waals surface area (Å²) in [4.78, 5) is 23.2. The molecule has 0 aliphatic carbocycles. The van der Waals surface area contributed by atoms with Crippen molar-refractivity contribution in [1.29, 1.82) is 0 Å². The maximum Gasteiger partial charge on any atom is 0.256 e. The molecule has 0 spiro atoms. The highest BCUT2D eigenvalue weighted by Gasteiger charge is 2.33. The summed E-state index contributed by atoms with van der Waals surface area (Å²) in [6.45, 7) is 10.5. The van der Waals surface area contributed by atoms with Gasteiger partial charge in [0, 0.05) is 67.7 Å². The van der Waals surface area contributed by atoms with Gasteiger partial charge in [-0.15, -0.1) is 6.42 Å². The molecule has 1 aromatic carbocycles. The van der Waals surface area contributed by atoms with Crippen LogP contribution in [0, 0.1) is 25.2 Å². The van der Waals surface area contributed by atoms with Crippen LogP contribution in [-0.4, -0.2) is 117 Å². The molecule has 0 radical (unpaired) electrons. The van der Waals surface area contributed by atoms with Crippen LogP contribution in [0.5, 0.6) is 0 Å². The molecule has 5 rings (SSSR count). The molecule has 0 saturated carbocycles. The first-order valence-electron chi connectivity index (χ1n) is 16.9. The van der Waals surface area contributed by atoms with E-state index in [1.165, 1.54) is 11.9 Å². The summed E-state index contributed by atoms with van der Waals surface area (Å²) in [5.41, 5.74) is 4.07. The Hall–Kier alpha value is -3.09. The lowest BCUT2D eigenvalue weighted by molar-refractivity contribution is 0.00165. The minimum atomic E-state index is -0.126. The number of piperidine rings is 1. The average molecular weight is 714 g/mol. The number of rotatable bonds is 20. The van der Waals surface area contributed by atoms with Gasteiger partial charge in [-0.05, 0) is 44.4 Å². The van der Waals surface area contributed by atoms with Crippen LogP contribution in [0.2, 0.25) is 5.02 Å². The predicted octanol–water partition coefficient (Wildman–Crippen LogP) is 4.47. The number of likely N-dealkylation sites (tertiary alicyclic amines) is 1. The fourth-order valence-electron chi connectivity index (χ4n) is 6.14. The Labute approximate surface area is 298 Å². The molecule has 14 heteroatoms. The van der Waals surface area contributed by atoms with Gasteiger partial charge >= 0.3 is 0 Å². The molecule has 2 aromatic heterocycles. The van der Waals surface area contributed by atoms with Gasteiger partial charge in [0.05, 0.1) is 69.2 Å². The molecule has 1 atom stereocenters. The van der Waals surface area contributed by atoms with E-state index in [1.807, 2.05) is 34.0 Å². The Morgan fingerprint density at radius 2 is 1.80 bits per heavy atom. The molecular formula is C35H48ClN7O5S. The number of amides is 1. The van der Waals surface area contributed by atoms with Crippen molar-refractivity contribution < 1.29 is 23.7 Å². The number of benzene rings is 1. The van der Waals surface area contributed by atoms with Gasteiger partial charge in [0.1, 0.15) is 12.4 Å². The van der Waals surface area contributed by atoms with Crippen LogP contribution in [-0.2, 0) is 18.9 Å². The van der Waals surface area contributed by atoms with Gasteiger partial charge in [-0.2, -0.15) is 5.10 Å². The van der Waals surface area contributed by atoms with E-state index in [-0.39, 0.29) is 11.9 Å². The molecular weight excluding hydrogens is 666 g/mol. The highest BCUT2D eigenvalue weighted by molar-refractivity contribution is 7.99. The van der Waals surface area contributed by atoms with Gasteiger partial charge in [-0.25, -0.2) is 9.50 Å². The number of anilines is 2. The van der Waals surface area contributed by atoms with Crippen molar-refractivity contribution in [1.82, 2.24) is 24.8 Å². The van der Waals surface area contributed by atoms with E-state index in [0.717, 1.165) is 73.9 Å². The van der Waals surface area contributed by atoms with E-state index in [2.05, 4.69) is 27.8 Å². The van der Waals surface area contributed by atoms with Crippen molar-refractivity contribution in [3.63, 3.8) is 0 Å². The molecule has 2 aliphatic heterocycles. The molecule has 12 nitrogen and oxygen atoms in total. The molecule has 49 heavy (non-hydrogen) atoms. The average Bonchev–Trinajstić information content (AvgIpc) is 3.50. The number of carbonyl (C=O) groups excluding carboxylic acids is 1. The molecule has 266 valence electrons. The Balaban J connectivity index is 1.04. The molecule has 3 aromatic rings. The van der Waals surface area contributed by atoms with E-state index in [4.69, 9.17) is 47.1 Å². The zero-order valence-corrected chi connectivity index (χ0v) is 30.1. The Bertz CT molecular complexity index is 1550. The molecule has 0 bridgehead atoms. The Morgan fingerprint density at radius 3 is 2.53 bits per heavy atom. The number of aryl methyl sites for hydroxylation is 1. The molecule has 2 aliphatic rings. The summed E-state index contributed by atoms with van der Waals surface area (Å²) in [6, 6.07) is 7.32. The summed E-state index contributed by atoms with van der Waals surface area (Å²) in [6.07, 6.45) is 12.0. The first kappa shape index (κ1) is 37.2. The molecule has 1 amide bonds. The smallest absolute Gasteiger partial charge is 0.256 e. The largest absolute Gasteiger partial charge is 0.378 e. The molecule has 2 saturated heterocycles. The third-order valence-electron chi connectivity index (χ3n) is 8.57. The summed E-state index contributed by atoms with van der Waals surface area (Å²) >= 11 is 7.76. The summed E-state index contributed by atoms with van der Waals surface area (Å²) in [7, 11) is 0. The maximum absolute atomic E-state index is 13.9. The number of nitrogens with one attached hydrogen (secondary N) is 2. The van der Waals surface area contributed by atoms with Crippen molar-refractivity contribution in [3.05, 3.63) is 52.3 Å². The van der Waals surface area contributed by atoms with Gasteiger partial charge in [-0.1, -0.05) is 29.5 Å². The van der Waals surface area contributed by atoms with Crippen LogP contribution >= 0.6 is 23.5 Å². The van der Waals surface area contributed by atoms with Crippen LogP contribution in [0.1, 0.15) is 46.9 Å². The van der Waals surface area contributed by atoms with E-state index < -0.39 is 0 Å². The highest BCUT2D eigenvalue weighted by atomic mass is 35.5. The van der Waals surface area contributed by atoms with E-state index >= 15 is 0 Å².